The number of aromatic amines is 1. The van der Waals surface area contributed by atoms with E-state index in [2.05, 4.69) is 15.5 Å². The molecule has 0 saturated carbocycles. The second-order valence-corrected chi connectivity index (χ2v) is 5.95. The lowest BCUT2D eigenvalue weighted by atomic mass is 10.1. The number of hydrogen-bond acceptors (Lipinski definition) is 3. The molecular weight excluding hydrogens is 286 g/mol. The van der Waals surface area contributed by atoms with E-state index in [-0.39, 0.29) is 5.91 Å². The molecule has 0 fully saturated rings. The first-order valence-electron chi connectivity index (χ1n) is 6.32. The number of nitrogens with zero attached hydrogens (tertiary/aromatic N) is 1. The summed E-state index contributed by atoms with van der Waals surface area (Å²) in [6, 6.07) is 12.4. The highest BCUT2D eigenvalue weighted by molar-refractivity contribution is 7.84. The van der Waals surface area contributed by atoms with Crippen LogP contribution in [0.3, 0.4) is 0 Å². The Morgan fingerprint density at radius 1 is 1.19 bits per heavy atom. The summed E-state index contributed by atoms with van der Waals surface area (Å²) < 4.78 is 11.3. The molecule has 1 heterocycles. The van der Waals surface area contributed by atoms with Crippen LogP contribution < -0.4 is 5.32 Å². The number of fused-ring (bicyclic) bond motifs is 1. The van der Waals surface area contributed by atoms with E-state index < -0.39 is 10.8 Å². The summed E-state index contributed by atoms with van der Waals surface area (Å²) in [5.41, 5.74) is 1.90. The Hall–Kier alpha value is -2.47. The number of benzene rings is 2. The molecule has 0 radical (unpaired) electrons. The van der Waals surface area contributed by atoms with Crippen LogP contribution in [0.2, 0.25) is 0 Å². The molecule has 21 heavy (non-hydrogen) atoms. The maximum absolute atomic E-state index is 12.3. The van der Waals surface area contributed by atoms with Gasteiger partial charge in [-0.1, -0.05) is 12.1 Å². The lowest BCUT2D eigenvalue weighted by Crippen LogP contribution is -2.12. The first kappa shape index (κ1) is 13.5. The molecule has 1 atom stereocenters. The minimum Gasteiger partial charge on any atom is -0.322 e. The van der Waals surface area contributed by atoms with Crippen molar-refractivity contribution in [2.45, 2.75) is 4.90 Å². The minimum absolute atomic E-state index is 0.213. The Morgan fingerprint density at radius 2 is 1.95 bits per heavy atom. The fraction of sp³-hybridized carbons (Fsp3) is 0.0667. The second kappa shape index (κ2) is 5.49. The minimum atomic E-state index is -1.03. The monoisotopic (exact) mass is 299 g/mol. The molecule has 0 saturated heterocycles. The summed E-state index contributed by atoms with van der Waals surface area (Å²) in [4.78, 5) is 13.1. The maximum atomic E-state index is 12.3. The fourth-order valence-electron chi connectivity index (χ4n) is 2.09. The zero-order valence-electron chi connectivity index (χ0n) is 11.3. The van der Waals surface area contributed by atoms with E-state index in [1.807, 2.05) is 12.1 Å². The van der Waals surface area contributed by atoms with Gasteiger partial charge in [-0.3, -0.25) is 14.1 Å². The van der Waals surface area contributed by atoms with Gasteiger partial charge in [0.15, 0.2) is 0 Å². The number of amides is 1. The van der Waals surface area contributed by atoms with Gasteiger partial charge in [-0.05, 0) is 30.3 Å². The van der Waals surface area contributed by atoms with E-state index in [4.69, 9.17) is 0 Å². The number of carbonyl (C=O) groups excluding carboxylic acids is 1. The third-order valence-electron chi connectivity index (χ3n) is 3.17. The molecule has 1 amide bonds. The van der Waals surface area contributed by atoms with Gasteiger partial charge >= 0.3 is 0 Å². The molecule has 2 N–H and O–H groups in total. The smallest absolute Gasteiger partial charge is 0.257 e. The average molecular weight is 299 g/mol. The molecule has 0 aliphatic heterocycles. The Balaban J connectivity index is 1.86. The summed E-state index contributed by atoms with van der Waals surface area (Å²) in [5.74, 6) is -0.213. The third kappa shape index (κ3) is 2.71. The zero-order chi connectivity index (χ0) is 14.8. The van der Waals surface area contributed by atoms with Crippen LogP contribution in [0, 0.1) is 0 Å². The number of aromatic nitrogens is 2. The fourth-order valence-corrected chi connectivity index (χ4v) is 2.61. The van der Waals surface area contributed by atoms with Crippen LogP contribution in [0.4, 0.5) is 5.69 Å². The molecule has 3 rings (SSSR count). The van der Waals surface area contributed by atoms with E-state index in [1.165, 1.54) is 0 Å². The van der Waals surface area contributed by atoms with Crippen LogP contribution in [-0.4, -0.2) is 26.6 Å². The van der Waals surface area contributed by atoms with Gasteiger partial charge in [0.25, 0.3) is 5.91 Å². The standard InChI is InChI=1S/C15H13N3O2S/c1-21(20)12-7-5-11(6-8-12)17-15(19)13-4-2-3-10-9-16-18-14(10)13/h2-9H,1H3,(H,16,18)(H,17,19)/t21-/m1/s1. The molecular formula is C15H13N3O2S. The van der Waals surface area contributed by atoms with Crippen molar-refractivity contribution in [3.8, 4) is 0 Å². The number of rotatable bonds is 3. The van der Waals surface area contributed by atoms with E-state index in [9.17, 15) is 9.00 Å². The van der Waals surface area contributed by atoms with Crippen LogP contribution in [0.25, 0.3) is 10.9 Å². The SMILES string of the molecule is C[S@@](=O)c1ccc(NC(=O)c2cccc3cn[nH]c23)cc1. The zero-order valence-corrected chi connectivity index (χ0v) is 12.1. The van der Waals surface area contributed by atoms with Gasteiger partial charge in [0.2, 0.25) is 0 Å². The summed E-state index contributed by atoms with van der Waals surface area (Å²) in [5, 5.41) is 10.5. The second-order valence-electron chi connectivity index (χ2n) is 4.57. The molecule has 1 aromatic heterocycles. The summed E-state index contributed by atoms with van der Waals surface area (Å²) >= 11 is 0. The number of hydrogen-bond donors (Lipinski definition) is 2. The van der Waals surface area contributed by atoms with Crippen molar-refractivity contribution in [1.82, 2.24) is 10.2 Å². The Labute approximate surface area is 123 Å². The first-order chi connectivity index (χ1) is 10.1. The molecule has 2 aromatic carbocycles. The Bertz CT molecular complexity index is 824. The quantitative estimate of drug-likeness (QED) is 0.780. The highest BCUT2D eigenvalue weighted by atomic mass is 32.2. The summed E-state index contributed by atoms with van der Waals surface area (Å²) in [7, 11) is -1.03. The molecule has 0 aliphatic carbocycles. The van der Waals surface area contributed by atoms with Crippen molar-refractivity contribution in [3.05, 3.63) is 54.2 Å². The lowest BCUT2D eigenvalue weighted by molar-refractivity contribution is 0.102. The maximum Gasteiger partial charge on any atom is 0.257 e. The van der Waals surface area contributed by atoms with Crippen LogP contribution in [0.5, 0.6) is 0 Å². The Kier molecular flexibility index (Phi) is 3.53. The number of H-pyrrole nitrogens is 1. The number of nitrogens with one attached hydrogen (secondary N) is 2. The van der Waals surface area contributed by atoms with Gasteiger partial charge in [-0.2, -0.15) is 5.10 Å². The van der Waals surface area contributed by atoms with E-state index in [1.54, 1.807) is 42.8 Å². The molecule has 0 unspecified atom stereocenters. The van der Waals surface area contributed by atoms with Crippen molar-refractivity contribution in [1.29, 1.82) is 0 Å². The van der Waals surface area contributed by atoms with Gasteiger partial charge in [0, 0.05) is 33.0 Å². The molecule has 0 bridgehead atoms. The summed E-state index contributed by atoms with van der Waals surface area (Å²) in [6.45, 7) is 0. The third-order valence-corrected chi connectivity index (χ3v) is 4.10. The number of para-hydroxylation sites is 1. The number of anilines is 1. The van der Waals surface area contributed by atoms with Crippen LogP contribution >= 0.6 is 0 Å². The van der Waals surface area contributed by atoms with Gasteiger partial charge in [-0.15, -0.1) is 0 Å². The molecule has 0 spiro atoms. The predicted octanol–water partition coefficient (Wildman–Crippen LogP) is 2.55. The molecule has 5 nitrogen and oxygen atoms in total. The molecule has 3 aromatic rings. The highest BCUT2D eigenvalue weighted by Crippen LogP contribution is 2.18. The highest BCUT2D eigenvalue weighted by Gasteiger charge is 2.11. The average Bonchev–Trinajstić information content (AvgIpc) is 2.96. The molecule has 106 valence electrons. The van der Waals surface area contributed by atoms with Gasteiger partial charge in [0.05, 0.1) is 17.3 Å². The van der Waals surface area contributed by atoms with Crippen LogP contribution in [-0.2, 0) is 10.8 Å². The predicted molar refractivity (Wildman–Crippen MR) is 82.8 cm³/mol. The number of carbonyl (C=O) groups is 1. The van der Waals surface area contributed by atoms with E-state index >= 15 is 0 Å². The van der Waals surface area contributed by atoms with Crippen molar-refractivity contribution in [2.24, 2.45) is 0 Å². The van der Waals surface area contributed by atoms with Crippen molar-refractivity contribution < 1.29 is 9.00 Å². The van der Waals surface area contributed by atoms with Crippen LogP contribution in [0.1, 0.15) is 10.4 Å². The topological polar surface area (TPSA) is 74.8 Å². The molecule has 0 aliphatic rings. The Morgan fingerprint density at radius 3 is 2.67 bits per heavy atom. The van der Waals surface area contributed by atoms with Crippen LogP contribution in [0.15, 0.2) is 53.6 Å². The van der Waals surface area contributed by atoms with E-state index in [0.29, 0.717) is 16.8 Å². The van der Waals surface area contributed by atoms with Gasteiger partial charge in [0.1, 0.15) is 0 Å². The first-order valence-corrected chi connectivity index (χ1v) is 7.88. The normalized spacial score (nSPS) is 12.2. The van der Waals surface area contributed by atoms with Crippen molar-refractivity contribution in [3.63, 3.8) is 0 Å². The van der Waals surface area contributed by atoms with Crippen molar-refractivity contribution in [2.75, 3.05) is 11.6 Å². The van der Waals surface area contributed by atoms with Gasteiger partial charge in [-0.25, -0.2) is 0 Å². The lowest BCUT2D eigenvalue weighted by Gasteiger charge is -2.06. The largest absolute Gasteiger partial charge is 0.322 e. The van der Waals surface area contributed by atoms with Crippen molar-refractivity contribution >= 4 is 33.3 Å². The molecule has 6 heteroatoms. The summed E-state index contributed by atoms with van der Waals surface area (Å²) in [6.07, 6.45) is 3.30. The van der Waals surface area contributed by atoms with E-state index in [0.717, 1.165) is 10.3 Å². The van der Waals surface area contributed by atoms with Gasteiger partial charge < -0.3 is 5.32 Å².